The number of aromatic nitrogens is 2. The fourth-order valence-corrected chi connectivity index (χ4v) is 5.17. The van der Waals surface area contributed by atoms with E-state index < -0.39 is 15.9 Å². The molecule has 0 saturated carbocycles. The van der Waals surface area contributed by atoms with Gasteiger partial charge >= 0.3 is 0 Å². The molecule has 0 radical (unpaired) electrons. The Hall–Kier alpha value is -3.17. The molecule has 0 bridgehead atoms. The predicted octanol–water partition coefficient (Wildman–Crippen LogP) is 3.31. The Kier molecular flexibility index (Phi) is 6.06. The van der Waals surface area contributed by atoms with Crippen LogP contribution in [0.25, 0.3) is 5.69 Å². The minimum atomic E-state index is -3.71. The Morgan fingerprint density at radius 2 is 1.84 bits per heavy atom. The van der Waals surface area contributed by atoms with Crippen LogP contribution in [0, 0.1) is 0 Å². The number of carbonyl (C=O) groups excluding carboxylic acids is 1. The Bertz CT molecular complexity index is 1170. The molecule has 1 aliphatic rings. The molecule has 1 fully saturated rings. The number of amides is 1. The van der Waals surface area contributed by atoms with Crippen molar-refractivity contribution in [1.82, 2.24) is 14.1 Å². The van der Waals surface area contributed by atoms with Crippen LogP contribution in [0.15, 0.2) is 65.7 Å². The van der Waals surface area contributed by atoms with Crippen LogP contribution in [0.4, 0.5) is 5.69 Å². The van der Waals surface area contributed by atoms with Crippen LogP contribution in [-0.4, -0.2) is 48.1 Å². The Morgan fingerprint density at radius 3 is 2.55 bits per heavy atom. The molecule has 1 saturated heterocycles. The number of nitrogens with zero attached hydrogens (tertiary/aromatic N) is 3. The second-order valence-corrected chi connectivity index (χ2v) is 9.05. The maximum absolute atomic E-state index is 13.1. The summed E-state index contributed by atoms with van der Waals surface area (Å²) >= 11 is 0. The van der Waals surface area contributed by atoms with Gasteiger partial charge in [-0.2, -0.15) is 9.40 Å². The average molecular weight is 441 g/mol. The first-order valence-corrected chi connectivity index (χ1v) is 11.6. The smallest absolute Gasteiger partial charge is 0.276 e. The minimum Gasteiger partial charge on any atom is -0.492 e. The Morgan fingerprint density at radius 1 is 1.10 bits per heavy atom. The summed E-state index contributed by atoms with van der Waals surface area (Å²) < 4.78 is 34.8. The fourth-order valence-electron chi connectivity index (χ4n) is 3.49. The molecule has 0 aliphatic carbocycles. The normalized spacial score (nSPS) is 14.5. The number of hydrogen-bond donors (Lipinski definition) is 1. The van der Waals surface area contributed by atoms with Crippen LogP contribution >= 0.6 is 0 Å². The van der Waals surface area contributed by atoms with Gasteiger partial charge in [0.25, 0.3) is 5.91 Å². The lowest BCUT2D eigenvalue weighted by Crippen LogP contribution is -2.28. The summed E-state index contributed by atoms with van der Waals surface area (Å²) in [6.45, 7) is 3.11. The molecular weight excluding hydrogens is 416 g/mol. The third-order valence-corrected chi connectivity index (χ3v) is 6.95. The zero-order chi connectivity index (χ0) is 21.8. The van der Waals surface area contributed by atoms with Gasteiger partial charge < -0.3 is 10.1 Å². The highest BCUT2D eigenvalue weighted by Crippen LogP contribution is 2.31. The van der Waals surface area contributed by atoms with Gasteiger partial charge in [-0.25, -0.2) is 13.1 Å². The number of sulfonamides is 1. The van der Waals surface area contributed by atoms with Crippen molar-refractivity contribution in [3.63, 3.8) is 0 Å². The van der Waals surface area contributed by atoms with Gasteiger partial charge in [0.15, 0.2) is 5.69 Å². The fraction of sp³-hybridized carbons (Fsp3) is 0.273. The Labute approximate surface area is 181 Å². The maximum Gasteiger partial charge on any atom is 0.276 e. The van der Waals surface area contributed by atoms with Gasteiger partial charge in [-0.3, -0.25) is 4.79 Å². The van der Waals surface area contributed by atoms with E-state index in [1.54, 1.807) is 36.0 Å². The Balaban J connectivity index is 1.59. The van der Waals surface area contributed by atoms with Gasteiger partial charge in [-0.15, -0.1) is 0 Å². The lowest BCUT2D eigenvalue weighted by Gasteiger charge is -2.19. The molecule has 1 aliphatic heterocycles. The zero-order valence-corrected chi connectivity index (χ0v) is 18.0. The second-order valence-electron chi connectivity index (χ2n) is 7.14. The first-order chi connectivity index (χ1) is 15.0. The van der Waals surface area contributed by atoms with Crippen LogP contribution in [0.2, 0.25) is 0 Å². The summed E-state index contributed by atoms with van der Waals surface area (Å²) in [6.07, 6.45) is 3.37. The van der Waals surface area contributed by atoms with Crippen molar-refractivity contribution in [2.24, 2.45) is 0 Å². The summed E-state index contributed by atoms with van der Waals surface area (Å²) in [5.41, 5.74) is 1.42. The molecule has 8 nitrogen and oxygen atoms in total. The van der Waals surface area contributed by atoms with Crippen LogP contribution < -0.4 is 10.1 Å². The molecule has 0 spiro atoms. The van der Waals surface area contributed by atoms with Gasteiger partial charge in [0.05, 0.1) is 12.3 Å². The number of carbonyl (C=O) groups is 1. The van der Waals surface area contributed by atoms with Crippen molar-refractivity contribution in [3.8, 4) is 11.4 Å². The van der Waals surface area contributed by atoms with E-state index in [-0.39, 0.29) is 16.3 Å². The van der Waals surface area contributed by atoms with Gasteiger partial charge in [0.1, 0.15) is 10.6 Å². The molecule has 162 valence electrons. The number of ether oxygens (including phenoxy) is 1. The van der Waals surface area contributed by atoms with Crippen molar-refractivity contribution in [2.45, 2.75) is 24.7 Å². The molecule has 0 atom stereocenters. The van der Waals surface area contributed by atoms with E-state index in [0.29, 0.717) is 25.4 Å². The molecular formula is C22H24N4O4S. The topological polar surface area (TPSA) is 93.5 Å². The third kappa shape index (κ3) is 4.47. The monoisotopic (exact) mass is 440 g/mol. The van der Waals surface area contributed by atoms with Gasteiger partial charge in [-0.1, -0.05) is 18.2 Å². The lowest BCUT2D eigenvalue weighted by atomic mass is 10.3. The first-order valence-electron chi connectivity index (χ1n) is 10.2. The zero-order valence-electron chi connectivity index (χ0n) is 17.2. The molecule has 4 rings (SSSR count). The van der Waals surface area contributed by atoms with E-state index in [1.807, 2.05) is 30.3 Å². The summed E-state index contributed by atoms with van der Waals surface area (Å²) in [6, 6.07) is 15.7. The molecule has 1 N–H and O–H groups in total. The summed E-state index contributed by atoms with van der Waals surface area (Å²) in [5, 5.41) is 7.05. The highest BCUT2D eigenvalue weighted by atomic mass is 32.2. The standard InChI is InChI=1S/C22H24N4O4S/c1-2-30-20-11-10-17(16-21(20)31(28,29)25-13-6-7-14-25)23-22(27)19-12-15-26(24-19)18-8-4-3-5-9-18/h3-5,8-12,15-16H,2,6-7,13-14H2,1H3,(H,23,27). The molecule has 3 aromatic rings. The van der Waals surface area contributed by atoms with Crippen LogP contribution in [0.1, 0.15) is 30.3 Å². The number of nitrogens with one attached hydrogen (secondary N) is 1. The SMILES string of the molecule is CCOc1ccc(NC(=O)c2ccn(-c3ccccc3)n2)cc1S(=O)(=O)N1CCCC1. The molecule has 31 heavy (non-hydrogen) atoms. The number of hydrogen-bond acceptors (Lipinski definition) is 5. The van der Waals surface area contributed by atoms with Crippen molar-refractivity contribution in [2.75, 3.05) is 25.0 Å². The molecule has 2 aromatic carbocycles. The van der Waals surface area contributed by atoms with Gasteiger partial charge in [0, 0.05) is 25.0 Å². The third-order valence-electron chi connectivity index (χ3n) is 5.03. The average Bonchev–Trinajstić information content (AvgIpc) is 3.48. The first kappa shape index (κ1) is 21.1. The van der Waals surface area contributed by atoms with Crippen LogP contribution in [-0.2, 0) is 10.0 Å². The molecule has 0 unspecified atom stereocenters. The number of anilines is 1. The summed E-state index contributed by atoms with van der Waals surface area (Å²) in [4.78, 5) is 12.8. The summed E-state index contributed by atoms with van der Waals surface area (Å²) in [7, 11) is -3.71. The van der Waals surface area contributed by atoms with Gasteiger partial charge in [-0.05, 0) is 56.2 Å². The van der Waals surface area contributed by atoms with Crippen molar-refractivity contribution in [1.29, 1.82) is 0 Å². The van der Waals surface area contributed by atoms with Gasteiger partial charge in [0.2, 0.25) is 10.0 Å². The van der Waals surface area contributed by atoms with Crippen molar-refractivity contribution >= 4 is 21.6 Å². The van der Waals surface area contributed by atoms with Crippen molar-refractivity contribution < 1.29 is 17.9 Å². The second kappa shape index (κ2) is 8.91. The maximum atomic E-state index is 13.1. The van der Waals surface area contributed by atoms with Crippen molar-refractivity contribution in [3.05, 3.63) is 66.5 Å². The number of para-hydroxylation sites is 1. The number of rotatable bonds is 7. The lowest BCUT2D eigenvalue weighted by molar-refractivity contribution is 0.102. The highest BCUT2D eigenvalue weighted by Gasteiger charge is 2.30. The predicted molar refractivity (Wildman–Crippen MR) is 117 cm³/mol. The highest BCUT2D eigenvalue weighted by molar-refractivity contribution is 7.89. The van der Waals surface area contributed by atoms with E-state index in [0.717, 1.165) is 18.5 Å². The summed E-state index contributed by atoms with van der Waals surface area (Å²) in [5.74, 6) is -0.149. The molecule has 9 heteroatoms. The van der Waals surface area contributed by atoms with E-state index in [1.165, 1.54) is 10.4 Å². The molecule has 1 amide bonds. The minimum absolute atomic E-state index is 0.0591. The van der Waals surface area contributed by atoms with E-state index >= 15 is 0 Å². The van der Waals surface area contributed by atoms with E-state index in [4.69, 9.17) is 4.74 Å². The van der Waals surface area contributed by atoms with Crippen LogP contribution in [0.3, 0.4) is 0 Å². The largest absolute Gasteiger partial charge is 0.492 e. The van der Waals surface area contributed by atoms with Crippen LogP contribution in [0.5, 0.6) is 5.75 Å². The molecule has 2 heterocycles. The van der Waals surface area contributed by atoms with E-state index in [9.17, 15) is 13.2 Å². The number of benzene rings is 2. The van der Waals surface area contributed by atoms with E-state index in [2.05, 4.69) is 10.4 Å². The quantitative estimate of drug-likeness (QED) is 0.608. The molecule has 1 aromatic heterocycles.